The highest BCUT2D eigenvalue weighted by Crippen LogP contribution is 2.05. The summed E-state index contributed by atoms with van der Waals surface area (Å²) in [5.74, 6) is -2.08. The van der Waals surface area contributed by atoms with Crippen LogP contribution < -0.4 is 10.9 Å². The fourth-order valence-electron chi connectivity index (χ4n) is 1.52. The second-order valence-corrected chi connectivity index (χ2v) is 4.01. The van der Waals surface area contributed by atoms with E-state index in [1.165, 1.54) is 0 Å². The van der Waals surface area contributed by atoms with Gasteiger partial charge in [-0.2, -0.15) is 5.10 Å². The zero-order valence-electron chi connectivity index (χ0n) is 10.6. The fourth-order valence-corrected chi connectivity index (χ4v) is 1.52. The van der Waals surface area contributed by atoms with Gasteiger partial charge in [0.2, 0.25) is 0 Å². The van der Waals surface area contributed by atoms with Crippen LogP contribution in [0.4, 0.5) is 0 Å². The number of rotatable bonds is 5. The predicted molar refractivity (Wildman–Crippen MR) is 64.9 cm³/mol. The topological polar surface area (TPSA) is 132 Å². The summed E-state index contributed by atoms with van der Waals surface area (Å²) in [6, 6.07) is -1.25. The van der Waals surface area contributed by atoms with Crippen molar-refractivity contribution in [2.24, 2.45) is 0 Å². The lowest BCUT2D eigenvalue weighted by Gasteiger charge is -2.14. The summed E-state index contributed by atoms with van der Waals surface area (Å²) < 4.78 is 0. The third-order valence-electron chi connectivity index (χ3n) is 2.72. The van der Waals surface area contributed by atoms with Gasteiger partial charge in [-0.3, -0.25) is 9.59 Å². The molecule has 0 aliphatic rings. The summed E-state index contributed by atoms with van der Waals surface area (Å²) in [6.45, 7) is 2.78. The summed E-state index contributed by atoms with van der Waals surface area (Å²) in [5, 5.41) is 25.7. The molecule has 0 bridgehead atoms. The van der Waals surface area contributed by atoms with Gasteiger partial charge in [-0.25, -0.2) is 9.89 Å². The van der Waals surface area contributed by atoms with Crippen molar-refractivity contribution in [3.05, 3.63) is 27.2 Å². The number of nitrogens with zero attached hydrogens (tertiary/aromatic N) is 1. The Morgan fingerprint density at radius 1 is 1.42 bits per heavy atom. The number of aromatic nitrogens is 2. The van der Waals surface area contributed by atoms with Crippen molar-refractivity contribution in [1.29, 1.82) is 0 Å². The van der Waals surface area contributed by atoms with Crippen LogP contribution in [-0.2, 0) is 4.79 Å². The second kappa shape index (κ2) is 6.10. The van der Waals surface area contributed by atoms with Gasteiger partial charge in [-0.15, -0.1) is 0 Å². The molecule has 0 unspecified atom stereocenters. The molecule has 0 fully saturated rings. The van der Waals surface area contributed by atoms with Gasteiger partial charge < -0.3 is 15.5 Å². The molecule has 4 N–H and O–H groups in total. The standard InChI is InChI=1S/C11H15N3O5/c1-5-6(2)13-14-10(17)8(5)9(16)12-7(3-4-15)11(18)19/h7,15H,3-4H2,1-2H3,(H,12,16)(H,14,17)(H,18,19)/t7-/m0/s1. The molecule has 1 heterocycles. The Kier molecular flexibility index (Phi) is 4.76. The second-order valence-electron chi connectivity index (χ2n) is 4.01. The SMILES string of the molecule is Cc1n[nH]c(=O)c(C(=O)N[C@@H](CCO)C(=O)O)c1C. The van der Waals surface area contributed by atoms with E-state index in [0.717, 1.165) is 0 Å². The van der Waals surface area contributed by atoms with E-state index in [1.54, 1.807) is 13.8 Å². The summed E-state index contributed by atoms with van der Waals surface area (Å²) in [7, 11) is 0. The number of carbonyl (C=O) groups excluding carboxylic acids is 1. The molecule has 0 spiro atoms. The van der Waals surface area contributed by atoms with Gasteiger partial charge in [-0.05, 0) is 19.4 Å². The van der Waals surface area contributed by atoms with Crippen LogP contribution in [-0.4, -0.2) is 44.9 Å². The molecular weight excluding hydrogens is 254 g/mol. The lowest BCUT2D eigenvalue weighted by atomic mass is 10.1. The predicted octanol–water partition coefficient (Wildman–Crippen LogP) is -1.05. The highest BCUT2D eigenvalue weighted by atomic mass is 16.4. The molecule has 1 atom stereocenters. The molecule has 0 aromatic carbocycles. The Bertz CT molecular complexity index is 552. The van der Waals surface area contributed by atoms with Crippen LogP contribution >= 0.6 is 0 Å². The van der Waals surface area contributed by atoms with E-state index in [0.29, 0.717) is 11.3 Å². The first-order valence-corrected chi connectivity index (χ1v) is 5.59. The molecule has 0 aliphatic carbocycles. The number of nitrogens with one attached hydrogen (secondary N) is 2. The van der Waals surface area contributed by atoms with E-state index in [2.05, 4.69) is 15.5 Å². The van der Waals surface area contributed by atoms with Crippen LogP contribution in [0.3, 0.4) is 0 Å². The molecule has 0 aliphatic heterocycles. The Hall–Kier alpha value is -2.22. The Morgan fingerprint density at radius 3 is 2.58 bits per heavy atom. The Morgan fingerprint density at radius 2 is 2.05 bits per heavy atom. The van der Waals surface area contributed by atoms with Crippen molar-refractivity contribution in [3.63, 3.8) is 0 Å². The maximum absolute atomic E-state index is 11.9. The number of hydrogen-bond acceptors (Lipinski definition) is 5. The van der Waals surface area contributed by atoms with Crippen LogP contribution in [0, 0.1) is 13.8 Å². The Labute approximate surface area is 108 Å². The number of carboxylic acid groups (broad SMARTS) is 1. The minimum Gasteiger partial charge on any atom is -0.480 e. The molecule has 19 heavy (non-hydrogen) atoms. The van der Waals surface area contributed by atoms with Gasteiger partial charge in [0.1, 0.15) is 11.6 Å². The molecular formula is C11H15N3O5. The number of aliphatic hydroxyl groups excluding tert-OH is 1. The lowest BCUT2D eigenvalue weighted by molar-refractivity contribution is -0.139. The quantitative estimate of drug-likeness (QED) is 0.539. The van der Waals surface area contributed by atoms with Gasteiger partial charge in [0.05, 0.1) is 5.69 Å². The van der Waals surface area contributed by atoms with Crippen LogP contribution in [0.25, 0.3) is 0 Å². The molecule has 1 aromatic rings. The number of carbonyl (C=O) groups is 2. The van der Waals surface area contributed by atoms with E-state index in [4.69, 9.17) is 10.2 Å². The summed E-state index contributed by atoms with van der Waals surface area (Å²) in [4.78, 5) is 34.4. The van der Waals surface area contributed by atoms with Crippen LogP contribution in [0.15, 0.2) is 4.79 Å². The van der Waals surface area contributed by atoms with Crippen molar-refractivity contribution in [2.45, 2.75) is 26.3 Å². The molecule has 1 rings (SSSR count). The number of aliphatic hydroxyl groups is 1. The molecule has 8 heteroatoms. The fraction of sp³-hybridized carbons (Fsp3) is 0.455. The maximum atomic E-state index is 11.9. The summed E-state index contributed by atoms with van der Waals surface area (Å²) >= 11 is 0. The Balaban J connectivity index is 3.04. The van der Waals surface area contributed by atoms with Gasteiger partial charge >= 0.3 is 5.97 Å². The number of hydrogen-bond donors (Lipinski definition) is 4. The van der Waals surface area contributed by atoms with Crippen molar-refractivity contribution in [2.75, 3.05) is 6.61 Å². The molecule has 0 saturated heterocycles. The first-order chi connectivity index (χ1) is 8.88. The normalized spacial score (nSPS) is 11.9. The zero-order valence-corrected chi connectivity index (χ0v) is 10.6. The average Bonchev–Trinajstić information content (AvgIpc) is 2.33. The third-order valence-corrected chi connectivity index (χ3v) is 2.72. The zero-order chi connectivity index (χ0) is 14.6. The minimum atomic E-state index is -1.28. The van der Waals surface area contributed by atoms with Crippen molar-refractivity contribution >= 4 is 11.9 Å². The first-order valence-electron chi connectivity index (χ1n) is 5.59. The van der Waals surface area contributed by atoms with E-state index >= 15 is 0 Å². The van der Waals surface area contributed by atoms with Gasteiger partial charge in [-0.1, -0.05) is 0 Å². The monoisotopic (exact) mass is 269 g/mol. The highest BCUT2D eigenvalue weighted by Gasteiger charge is 2.23. The molecule has 1 amide bonds. The van der Waals surface area contributed by atoms with E-state index in [1.807, 2.05) is 0 Å². The number of aryl methyl sites for hydroxylation is 1. The molecule has 1 aromatic heterocycles. The maximum Gasteiger partial charge on any atom is 0.326 e. The number of H-pyrrole nitrogens is 1. The minimum absolute atomic E-state index is 0.137. The average molecular weight is 269 g/mol. The number of aromatic amines is 1. The molecule has 0 saturated carbocycles. The number of carboxylic acids is 1. The van der Waals surface area contributed by atoms with Crippen LogP contribution in [0.5, 0.6) is 0 Å². The summed E-state index contributed by atoms with van der Waals surface area (Å²) in [6.07, 6.45) is -0.137. The molecule has 104 valence electrons. The number of amides is 1. The van der Waals surface area contributed by atoms with Crippen molar-refractivity contribution in [3.8, 4) is 0 Å². The smallest absolute Gasteiger partial charge is 0.326 e. The largest absolute Gasteiger partial charge is 0.480 e. The van der Waals surface area contributed by atoms with Crippen LogP contribution in [0.2, 0.25) is 0 Å². The van der Waals surface area contributed by atoms with Gasteiger partial charge in [0, 0.05) is 13.0 Å². The first kappa shape index (κ1) is 14.8. The number of aliphatic carboxylic acids is 1. The highest BCUT2D eigenvalue weighted by molar-refractivity contribution is 5.97. The van der Waals surface area contributed by atoms with E-state index in [-0.39, 0.29) is 18.6 Å². The van der Waals surface area contributed by atoms with Crippen molar-refractivity contribution in [1.82, 2.24) is 15.5 Å². The lowest BCUT2D eigenvalue weighted by Crippen LogP contribution is -2.43. The van der Waals surface area contributed by atoms with Gasteiger partial charge in [0.25, 0.3) is 11.5 Å². The van der Waals surface area contributed by atoms with E-state index in [9.17, 15) is 14.4 Å². The van der Waals surface area contributed by atoms with E-state index < -0.39 is 23.5 Å². The summed E-state index contributed by atoms with van der Waals surface area (Å²) in [5.41, 5.74) is -0.00130. The third kappa shape index (κ3) is 3.38. The molecule has 8 nitrogen and oxygen atoms in total. The van der Waals surface area contributed by atoms with Gasteiger partial charge in [0.15, 0.2) is 0 Å². The van der Waals surface area contributed by atoms with Crippen molar-refractivity contribution < 1.29 is 19.8 Å². The van der Waals surface area contributed by atoms with Crippen LogP contribution in [0.1, 0.15) is 28.0 Å². The molecule has 0 radical (unpaired) electrons.